The first-order chi connectivity index (χ1) is 9.06. The van der Waals surface area contributed by atoms with Crippen LogP contribution in [0.2, 0.25) is 0 Å². The molecule has 0 fully saturated rings. The molecule has 0 amide bonds. The largest absolute Gasteiger partial charge is 0.330 e. The second-order valence-electron chi connectivity index (χ2n) is 4.56. The number of hydrogen-bond donors (Lipinski definition) is 1. The van der Waals surface area contributed by atoms with E-state index in [4.69, 9.17) is 5.73 Å². The van der Waals surface area contributed by atoms with Crippen LogP contribution in [-0.4, -0.2) is 43.6 Å². The molecule has 1 aromatic rings. The summed E-state index contributed by atoms with van der Waals surface area (Å²) in [5.74, 6) is 0.109. The highest BCUT2D eigenvalue weighted by Crippen LogP contribution is 2.05. The van der Waals surface area contributed by atoms with Crippen molar-refractivity contribution in [3.8, 4) is 0 Å². The summed E-state index contributed by atoms with van der Waals surface area (Å²) < 4.78 is 25.5. The molecule has 108 valence electrons. The van der Waals surface area contributed by atoms with Gasteiger partial charge in [-0.15, -0.1) is 0 Å². The number of nitrogens with zero attached hydrogens (tertiary/aromatic N) is 2. The van der Waals surface area contributed by atoms with Gasteiger partial charge in [-0.05, 0) is 31.5 Å². The van der Waals surface area contributed by atoms with Gasteiger partial charge in [-0.2, -0.15) is 0 Å². The van der Waals surface area contributed by atoms with Crippen LogP contribution < -0.4 is 5.73 Å². The number of unbranched alkanes of at least 4 members (excludes halogenated alkanes) is 2. The summed E-state index contributed by atoms with van der Waals surface area (Å²) in [4.78, 5) is 4.13. The number of rotatable bonds is 9. The quantitative estimate of drug-likeness (QED) is 0.687. The van der Waals surface area contributed by atoms with E-state index in [1.54, 1.807) is 13.2 Å². The zero-order chi connectivity index (χ0) is 14.1. The van der Waals surface area contributed by atoms with Crippen LogP contribution in [0.3, 0.4) is 0 Å². The summed E-state index contributed by atoms with van der Waals surface area (Å²) in [5.41, 5.74) is 6.21. The Morgan fingerprint density at radius 1 is 1.26 bits per heavy atom. The third kappa shape index (κ3) is 6.13. The standard InChI is InChI=1S/C13H23N3O2S/c1-16(11-6-2-4-9-14)19(17,18)12-8-13-7-3-5-10-15-13/h3,5,7,10H,2,4,6,8-9,11-12,14H2,1H3. The topological polar surface area (TPSA) is 76.3 Å². The van der Waals surface area contributed by atoms with Crippen molar-refractivity contribution in [2.24, 2.45) is 5.73 Å². The Hall–Kier alpha value is -0.980. The second kappa shape index (κ2) is 8.24. The van der Waals surface area contributed by atoms with Gasteiger partial charge in [-0.1, -0.05) is 12.5 Å². The number of sulfonamides is 1. The molecule has 0 unspecified atom stereocenters. The van der Waals surface area contributed by atoms with Crippen LogP contribution in [0, 0.1) is 0 Å². The number of nitrogens with two attached hydrogens (primary N) is 1. The number of aryl methyl sites for hydroxylation is 1. The minimum absolute atomic E-state index is 0.109. The van der Waals surface area contributed by atoms with Gasteiger partial charge in [0.25, 0.3) is 0 Å². The molecule has 0 saturated heterocycles. The highest BCUT2D eigenvalue weighted by molar-refractivity contribution is 7.89. The van der Waals surface area contributed by atoms with Crippen molar-refractivity contribution in [2.45, 2.75) is 25.7 Å². The van der Waals surface area contributed by atoms with Gasteiger partial charge in [-0.3, -0.25) is 4.98 Å². The van der Waals surface area contributed by atoms with Crippen molar-refractivity contribution in [2.75, 3.05) is 25.9 Å². The van der Waals surface area contributed by atoms with E-state index in [0.717, 1.165) is 25.0 Å². The van der Waals surface area contributed by atoms with Gasteiger partial charge in [0.1, 0.15) is 0 Å². The van der Waals surface area contributed by atoms with E-state index in [1.165, 1.54) is 4.31 Å². The Bertz CT molecular complexity index is 448. The number of hydrogen-bond acceptors (Lipinski definition) is 4. The minimum atomic E-state index is -3.18. The molecular weight excluding hydrogens is 262 g/mol. The second-order valence-corrected chi connectivity index (χ2v) is 6.75. The summed E-state index contributed by atoms with van der Waals surface area (Å²) in [5, 5.41) is 0. The molecule has 0 aliphatic rings. The van der Waals surface area contributed by atoms with Gasteiger partial charge >= 0.3 is 0 Å². The van der Waals surface area contributed by atoms with Crippen LogP contribution in [0.15, 0.2) is 24.4 Å². The summed E-state index contributed by atoms with van der Waals surface area (Å²) in [6, 6.07) is 5.53. The van der Waals surface area contributed by atoms with Crippen LogP contribution in [0.25, 0.3) is 0 Å². The smallest absolute Gasteiger partial charge is 0.214 e. The summed E-state index contributed by atoms with van der Waals surface area (Å²) >= 11 is 0. The maximum Gasteiger partial charge on any atom is 0.214 e. The summed E-state index contributed by atoms with van der Waals surface area (Å²) in [6.07, 6.45) is 4.91. The van der Waals surface area contributed by atoms with Crippen LogP contribution in [0.4, 0.5) is 0 Å². The fraction of sp³-hybridized carbons (Fsp3) is 0.615. The highest BCUT2D eigenvalue weighted by Gasteiger charge is 2.17. The van der Waals surface area contributed by atoms with Gasteiger partial charge in [0.15, 0.2) is 0 Å². The van der Waals surface area contributed by atoms with Crippen molar-refractivity contribution in [3.63, 3.8) is 0 Å². The van der Waals surface area contributed by atoms with Gasteiger partial charge < -0.3 is 5.73 Å². The van der Waals surface area contributed by atoms with Crippen LogP contribution in [-0.2, 0) is 16.4 Å². The highest BCUT2D eigenvalue weighted by atomic mass is 32.2. The lowest BCUT2D eigenvalue weighted by Gasteiger charge is -2.16. The van der Waals surface area contributed by atoms with E-state index in [-0.39, 0.29) is 5.75 Å². The molecule has 1 rings (SSSR count). The number of aromatic nitrogens is 1. The molecule has 1 heterocycles. The van der Waals surface area contributed by atoms with Gasteiger partial charge in [-0.25, -0.2) is 12.7 Å². The Morgan fingerprint density at radius 2 is 2.05 bits per heavy atom. The van der Waals surface area contributed by atoms with Gasteiger partial charge in [0.05, 0.1) is 5.75 Å². The first kappa shape index (κ1) is 16.1. The predicted octanol–water partition coefficient (Wildman–Crippen LogP) is 1.01. The lowest BCUT2D eigenvalue weighted by atomic mass is 10.2. The Labute approximate surface area is 115 Å². The third-order valence-corrected chi connectivity index (χ3v) is 4.85. The molecule has 1 aromatic heterocycles. The third-order valence-electron chi connectivity index (χ3n) is 2.99. The fourth-order valence-corrected chi connectivity index (χ4v) is 2.92. The molecule has 0 bridgehead atoms. The maximum absolute atomic E-state index is 12.0. The van der Waals surface area contributed by atoms with Crippen molar-refractivity contribution in [3.05, 3.63) is 30.1 Å². The molecule has 0 aromatic carbocycles. The van der Waals surface area contributed by atoms with Gasteiger partial charge in [0, 0.05) is 31.9 Å². The van der Waals surface area contributed by atoms with E-state index < -0.39 is 10.0 Å². The number of pyridine rings is 1. The lowest BCUT2D eigenvalue weighted by molar-refractivity contribution is 0.452. The van der Waals surface area contributed by atoms with Crippen molar-refractivity contribution in [1.29, 1.82) is 0 Å². The van der Waals surface area contributed by atoms with Crippen molar-refractivity contribution >= 4 is 10.0 Å². The zero-order valence-electron chi connectivity index (χ0n) is 11.5. The summed E-state index contributed by atoms with van der Waals surface area (Å²) in [6.45, 7) is 1.22. The normalized spacial score (nSPS) is 11.9. The first-order valence-corrected chi connectivity index (χ1v) is 8.21. The molecule has 0 radical (unpaired) electrons. The minimum Gasteiger partial charge on any atom is -0.330 e. The molecule has 0 spiro atoms. The molecule has 6 heteroatoms. The average molecular weight is 285 g/mol. The molecule has 0 aliphatic heterocycles. The molecular formula is C13H23N3O2S. The fourth-order valence-electron chi connectivity index (χ4n) is 1.73. The average Bonchev–Trinajstić information content (AvgIpc) is 2.42. The summed E-state index contributed by atoms with van der Waals surface area (Å²) in [7, 11) is -1.55. The maximum atomic E-state index is 12.0. The molecule has 0 aliphatic carbocycles. The Morgan fingerprint density at radius 3 is 2.68 bits per heavy atom. The predicted molar refractivity (Wildman–Crippen MR) is 77.3 cm³/mol. The zero-order valence-corrected chi connectivity index (χ0v) is 12.3. The van der Waals surface area contributed by atoms with Crippen LogP contribution in [0.5, 0.6) is 0 Å². The van der Waals surface area contributed by atoms with Gasteiger partial charge in [0.2, 0.25) is 10.0 Å². The lowest BCUT2D eigenvalue weighted by Crippen LogP contribution is -2.31. The van der Waals surface area contributed by atoms with E-state index in [2.05, 4.69) is 4.98 Å². The van der Waals surface area contributed by atoms with Crippen molar-refractivity contribution in [1.82, 2.24) is 9.29 Å². The molecule has 19 heavy (non-hydrogen) atoms. The van der Waals surface area contributed by atoms with E-state index in [1.807, 2.05) is 18.2 Å². The molecule has 0 atom stereocenters. The molecule has 0 saturated carbocycles. The first-order valence-electron chi connectivity index (χ1n) is 6.60. The SMILES string of the molecule is CN(CCCCCN)S(=O)(=O)CCc1ccccn1. The molecule has 5 nitrogen and oxygen atoms in total. The van der Waals surface area contributed by atoms with Crippen molar-refractivity contribution < 1.29 is 8.42 Å². The monoisotopic (exact) mass is 285 g/mol. The Balaban J connectivity index is 2.38. The van der Waals surface area contributed by atoms with Crippen LogP contribution >= 0.6 is 0 Å². The van der Waals surface area contributed by atoms with Crippen LogP contribution in [0.1, 0.15) is 25.0 Å². The Kier molecular flexibility index (Phi) is 6.97. The van der Waals surface area contributed by atoms with E-state index >= 15 is 0 Å². The van der Waals surface area contributed by atoms with E-state index in [9.17, 15) is 8.42 Å². The van der Waals surface area contributed by atoms with E-state index in [0.29, 0.717) is 19.5 Å². The molecule has 2 N–H and O–H groups in total.